The Labute approximate surface area is 129 Å². The first-order chi connectivity index (χ1) is 10.0. The molecule has 1 saturated heterocycles. The second-order valence-corrected chi connectivity index (χ2v) is 7.15. The minimum Gasteiger partial charge on any atom is -0.388 e. The van der Waals surface area contributed by atoms with E-state index >= 15 is 0 Å². The number of non-ortho nitro benzene ring substituents is 1. The smallest absolute Gasteiger partial charge is 0.269 e. The number of nitrogens with zero attached hydrogens (tertiary/aromatic N) is 1. The summed E-state index contributed by atoms with van der Waals surface area (Å²) in [6.07, 6.45) is -0.765. The fourth-order valence-electron chi connectivity index (χ4n) is 3.53. The van der Waals surface area contributed by atoms with Crippen LogP contribution in [0.4, 0.5) is 5.69 Å². The van der Waals surface area contributed by atoms with Gasteiger partial charge in [-0.2, -0.15) is 0 Å². The van der Waals surface area contributed by atoms with E-state index in [2.05, 4.69) is 5.32 Å². The van der Waals surface area contributed by atoms with Crippen molar-refractivity contribution < 1.29 is 14.8 Å². The molecule has 120 valence electrons. The largest absolute Gasteiger partial charge is 0.388 e. The van der Waals surface area contributed by atoms with Gasteiger partial charge in [0.15, 0.2) is 0 Å². The molecule has 0 radical (unpaired) electrons. The topological polar surface area (TPSA) is 92.5 Å². The van der Waals surface area contributed by atoms with E-state index < -0.39 is 22.5 Å². The highest BCUT2D eigenvalue weighted by atomic mass is 16.6. The van der Waals surface area contributed by atoms with Gasteiger partial charge in [0, 0.05) is 29.6 Å². The van der Waals surface area contributed by atoms with Crippen molar-refractivity contribution >= 4 is 11.5 Å². The normalized spacial score (nSPS) is 24.8. The van der Waals surface area contributed by atoms with E-state index in [0.29, 0.717) is 12.0 Å². The number of piperidine rings is 1. The maximum absolute atomic E-state index is 12.5. The summed E-state index contributed by atoms with van der Waals surface area (Å²) in [4.78, 5) is 22.9. The van der Waals surface area contributed by atoms with Crippen LogP contribution in [-0.2, 0) is 4.79 Å². The van der Waals surface area contributed by atoms with Crippen molar-refractivity contribution in [1.29, 1.82) is 0 Å². The third kappa shape index (κ3) is 3.18. The zero-order valence-corrected chi connectivity index (χ0v) is 13.3. The fraction of sp³-hybridized carbons (Fsp3) is 0.562. The molecule has 0 spiro atoms. The van der Waals surface area contributed by atoms with Crippen molar-refractivity contribution in [3.8, 4) is 0 Å². The van der Waals surface area contributed by atoms with E-state index in [0.717, 1.165) is 0 Å². The molecular formula is C16H22N2O4. The molecule has 6 heteroatoms. The van der Waals surface area contributed by atoms with Gasteiger partial charge in [-0.1, -0.05) is 12.1 Å². The van der Waals surface area contributed by atoms with Crippen LogP contribution in [0.25, 0.3) is 0 Å². The Bertz CT molecular complexity index is 610. The van der Waals surface area contributed by atoms with Gasteiger partial charge in [0.25, 0.3) is 5.69 Å². The van der Waals surface area contributed by atoms with Crippen LogP contribution in [0.2, 0.25) is 0 Å². The predicted molar refractivity (Wildman–Crippen MR) is 82.5 cm³/mol. The van der Waals surface area contributed by atoms with Gasteiger partial charge in [-0.05, 0) is 33.3 Å². The Morgan fingerprint density at radius 2 is 2.00 bits per heavy atom. The van der Waals surface area contributed by atoms with E-state index in [1.165, 1.54) is 18.2 Å². The molecule has 0 amide bonds. The number of benzene rings is 1. The molecule has 0 saturated carbocycles. The summed E-state index contributed by atoms with van der Waals surface area (Å²) in [5.74, 6) is -0.685. The van der Waals surface area contributed by atoms with Gasteiger partial charge < -0.3 is 10.4 Å². The molecule has 1 aliphatic rings. The molecule has 1 aromatic carbocycles. The molecule has 1 aliphatic heterocycles. The lowest BCUT2D eigenvalue weighted by atomic mass is 9.70. The summed E-state index contributed by atoms with van der Waals surface area (Å²) in [7, 11) is 0. The van der Waals surface area contributed by atoms with Crippen molar-refractivity contribution in [2.75, 3.05) is 0 Å². The molecule has 0 aromatic heterocycles. The van der Waals surface area contributed by atoms with Gasteiger partial charge in [-0.25, -0.2) is 0 Å². The Hall–Kier alpha value is -1.79. The number of aliphatic hydroxyl groups is 1. The van der Waals surface area contributed by atoms with Crippen LogP contribution in [0.5, 0.6) is 0 Å². The minimum atomic E-state index is -1.08. The molecule has 2 N–H and O–H groups in total. The quantitative estimate of drug-likeness (QED) is 0.660. The molecule has 0 aliphatic carbocycles. The Balaban J connectivity index is 2.36. The van der Waals surface area contributed by atoms with Crippen LogP contribution < -0.4 is 5.32 Å². The van der Waals surface area contributed by atoms with Gasteiger partial charge in [0.2, 0.25) is 0 Å². The summed E-state index contributed by atoms with van der Waals surface area (Å²) in [5, 5.41) is 24.9. The molecule has 2 rings (SSSR count). The van der Waals surface area contributed by atoms with E-state index in [4.69, 9.17) is 0 Å². The van der Waals surface area contributed by atoms with Gasteiger partial charge in [-0.15, -0.1) is 0 Å². The Morgan fingerprint density at radius 1 is 1.36 bits per heavy atom. The number of hydrogen-bond donors (Lipinski definition) is 2. The Morgan fingerprint density at radius 3 is 2.55 bits per heavy atom. The summed E-state index contributed by atoms with van der Waals surface area (Å²) in [6, 6.07) is 5.83. The zero-order chi connectivity index (χ0) is 16.7. The maximum Gasteiger partial charge on any atom is 0.269 e. The summed E-state index contributed by atoms with van der Waals surface area (Å²) < 4.78 is 0. The van der Waals surface area contributed by atoms with Crippen LogP contribution in [0, 0.1) is 16.0 Å². The highest BCUT2D eigenvalue weighted by Crippen LogP contribution is 2.39. The number of hydrogen-bond acceptors (Lipinski definition) is 5. The number of carbonyl (C=O) groups excluding carboxylic acids is 1. The van der Waals surface area contributed by atoms with Gasteiger partial charge in [0.1, 0.15) is 5.78 Å². The van der Waals surface area contributed by atoms with Crippen LogP contribution >= 0.6 is 0 Å². The van der Waals surface area contributed by atoms with Crippen LogP contribution in [0.1, 0.15) is 45.8 Å². The molecule has 0 unspecified atom stereocenters. The van der Waals surface area contributed by atoms with Crippen molar-refractivity contribution in [3.05, 3.63) is 39.9 Å². The van der Waals surface area contributed by atoms with E-state index in [1.54, 1.807) is 6.07 Å². The molecule has 2 atom stereocenters. The van der Waals surface area contributed by atoms with Crippen molar-refractivity contribution in [2.45, 2.75) is 51.3 Å². The number of nitrogens with one attached hydrogen (secondary N) is 1. The number of aliphatic hydroxyl groups excluding tert-OH is 1. The number of carbonyl (C=O) groups is 1. The molecule has 22 heavy (non-hydrogen) atoms. The standard InChI is InChI=1S/C16H22N2O4/c1-15(2)9-12(19)13(16(3,4)17-15)14(20)10-6-5-7-11(8-10)18(21)22/h5-8,13-14,17,20H,9H2,1-4H3/t13-,14-/m1/s1. The van der Waals surface area contributed by atoms with Crippen molar-refractivity contribution in [3.63, 3.8) is 0 Å². The first kappa shape index (κ1) is 16.6. The summed E-state index contributed by atoms with van der Waals surface area (Å²) in [6.45, 7) is 7.64. The molecule has 1 aromatic rings. The van der Waals surface area contributed by atoms with Crippen LogP contribution in [0.15, 0.2) is 24.3 Å². The Kier molecular flexibility index (Phi) is 4.10. The second-order valence-electron chi connectivity index (χ2n) is 7.15. The highest BCUT2D eigenvalue weighted by Gasteiger charge is 2.48. The SMILES string of the molecule is CC1(C)CC(=O)[C@H]([C@H](O)c2cccc([N+](=O)[O-])c2)C(C)(C)N1. The lowest BCUT2D eigenvalue weighted by molar-refractivity contribution is -0.385. The third-order valence-electron chi connectivity index (χ3n) is 4.14. The average Bonchev–Trinajstić information content (AvgIpc) is 2.35. The third-order valence-corrected chi connectivity index (χ3v) is 4.14. The lowest BCUT2D eigenvalue weighted by Crippen LogP contribution is -2.64. The molecule has 6 nitrogen and oxygen atoms in total. The first-order valence-corrected chi connectivity index (χ1v) is 7.28. The maximum atomic E-state index is 12.5. The number of rotatable bonds is 3. The van der Waals surface area contributed by atoms with Crippen LogP contribution in [-0.4, -0.2) is 26.9 Å². The minimum absolute atomic E-state index is 0.0345. The lowest BCUT2D eigenvalue weighted by Gasteiger charge is -2.48. The fourth-order valence-corrected chi connectivity index (χ4v) is 3.53. The van der Waals surface area contributed by atoms with Crippen molar-refractivity contribution in [1.82, 2.24) is 5.32 Å². The molecule has 1 fully saturated rings. The highest BCUT2D eigenvalue weighted by molar-refractivity contribution is 5.85. The van der Waals surface area contributed by atoms with Gasteiger partial charge in [-0.3, -0.25) is 14.9 Å². The summed E-state index contributed by atoms with van der Waals surface area (Å²) >= 11 is 0. The zero-order valence-electron chi connectivity index (χ0n) is 13.3. The van der Waals surface area contributed by atoms with E-state index in [9.17, 15) is 20.0 Å². The van der Waals surface area contributed by atoms with Gasteiger partial charge in [0.05, 0.1) is 16.9 Å². The molecule has 1 heterocycles. The van der Waals surface area contributed by atoms with E-state index in [-0.39, 0.29) is 17.0 Å². The average molecular weight is 306 g/mol. The number of nitro groups is 1. The van der Waals surface area contributed by atoms with Crippen LogP contribution in [0.3, 0.4) is 0 Å². The van der Waals surface area contributed by atoms with Gasteiger partial charge >= 0.3 is 0 Å². The molecular weight excluding hydrogens is 284 g/mol. The van der Waals surface area contributed by atoms with E-state index in [1.807, 2.05) is 27.7 Å². The number of Topliss-reactive ketones (excluding diaryl/α,β-unsaturated/α-hetero) is 1. The number of nitro benzene ring substituents is 1. The monoisotopic (exact) mass is 306 g/mol. The second kappa shape index (κ2) is 5.44. The first-order valence-electron chi connectivity index (χ1n) is 7.28. The predicted octanol–water partition coefficient (Wildman–Crippen LogP) is 2.36. The van der Waals surface area contributed by atoms with Crippen molar-refractivity contribution in [2.24, 2.45) is 5.92 Å². The molecule has 0 bridgehead atoms. The summed E-state index contributed by atoms with van der Waals surface area (Å²) in [5.41, 5.74) is -0.643. The number of ketones is 1.